The standard InChI is InChI=1S/C30H35F7N6O5S/c1-48-18-13-20(31)23(21(32)14-18)19-15-43(28(44)25(19)40-29(45)39-17-5-3-16(4-6-17)26(33)34)27-24(30(35,36)37)22(7-8-38-27)41-9-11-42(12-10-41)49(2,46)47/h7-8,13-14,16-17,19,25-26H,3-6,9-12,15H2,1-2H3,(H2,39,40,45)/t16-,17-,19-,25?/m0/s1. The molecule has 3 fully saturated rings. The highest BCUT2D eigenvalue weighted by Crippen LogP contribution is 2.45. The molecule has 2 aromatic rings. The Morgan fingerprint density at radius 1 is 1.02 bits per heavy atom. The molecule has 3 aliphatic rings. The van der Waals surface area contributed by atoms with Crippen LogP contribution in [0.4, 0.5) is 47.0 Å². The van der Waals surface area contributed by atoms with Gasteiger partial charge in [-0.1, -0.05) is 0 Å². The van der Waals surface area contributed by atoms with Crippen LogP contribution in [0.3, 0.4) is 0 Å². The summed E-state index contributed by atoms with van der Waals surface area (Å²) in [6, 6.07) is -0.537. The first-order valence-corrected chi connectivity index (χ1v) is 17.3. The highest BCUT2D eigenvalue weighted by atomic mass is 32.2. The van der Waals surface area contributed by atoms with E-state index in [0.717, 1.165) is 42.1 Å². The molecule has 0 radical (unpaired) electrons. The molecule has 1 aliphatic carbocycles. The normalized spacial score (nSPS) is 24.0. The van der Waals surface area contributed by atoms with Gasteiger partial charge in [0, 0.05) is 74.5 Å². The van der Waals surface area contributed by atoms with Crippen LogP contribution >= 0.6 is 0 Å². The zero-order chi connectivity index (χ0) is 35.8. The summed E-state index contributed by atoms with van der Waals surface area (Å²) in [5.41, 5.74) is -2.39. The van der Waals surface area contributed by atoms with Crippen LogP contribution in [0, 0.1) is 17.6 Å². The van der Waals surface area contributed by atoms with Gasteiger partial charge in [-0.2, -0.15) is 17.5 Å². The summed E-state index contributed by atoms with van der Waals surface area (Å²) in [5, 5.41) is 4.94. The number of amides is 3. The number of carbonyl (C=O) groups excluding carboxylic acids is 2. The number of ether oxygens (including phenoxy) is 1. The van der Waals surface area contributed by atoms with Gasteiger partial charge in [0.25, 0.3) is 5.91 Å². The fourth-order valence-electron chi connectivity index (χ4n) is 6.70. The maximum absolute atomic E-state index is 15.4. The van der Waals surface area contributed by atoms with Gasteiger partial charge in [0.2, 0.25) is 16.4 Å². The van der Waals surface area contributed by atoms with Crippen LogP contribution in [0.1, 0.15) is 42.7 Å². The molecular formula is C30H35F7N6O5S. The van der Waals surface area contributed by atoms with E-state index < -0.39 is 93.6 Å². The van der Waals surface area contributed by atoms with Crippen LogP contribution in [-0.4, -0.2) is 94.2 Å². The van der Waals surface area contributed by atoms with Gasteiger partial charge >= 0.3 is 12.2 Å². The van der Waals surface area contributed by atoms with Crippen molar-refractivity contribution in [2.24, 2.45) is 5.92 Å². The molecule has 1 unspecified atom stereocenters. The van der Waals surface area contributed by atoms with Gasteiger partial charge in [0.05, 0.1) is 19.1 Å². The summed E-state index contributed by atoms with van der Waals surface area (Å²) < 4.78 is 131. The van der Waals surface area contributed by atoms with Crippen molar-refractivity contribution in [2.75, 3.05) is 55.9 Å². The molecule has 0 bridgehead atoms. The Kier molecular flexibility index (Phi) is 10.5. The number of alkyl halides is 5. The summed E-state index contributed by atoms with van der Waals surface area (Å²) in [7, 11) is -2.43. The molecule has 2 atom stereocenters. The third kappa shape index (κ3) is 7.81. The minimum absolute atomic E-state index is 0.0978. The van der Waals surface area contributed by atoms with Gasteiger partial charge < -0.3 is 20.3 Å². The molecule has 2 aliphatic heterocycles. The van der Waals surface area contributed by atoms with E-state index in [1.807, 2.05) is 0 Å². The van der Waals surface area contributed by atoms with E-state index in [9.17, 15) is 40.0 Å². The van der Waals surface area contributed by atoms with E-state index in [1.165, 1.54) is 4.90 Å². The number of methoxy groups -OCH3 is 1. The lowest BCUT2D eigenvalue weighted by atomic mass is 9.86. The Hall–Kier alpha value is -3.87. The van der Waals surface area contributed by atoms with Gasteiger partial charge in [-0.3, -0.25) is 9.69 Å². The number of nitrogens with one attached hydrogen (secondary N) is 2. The van der Waals surface area contributed by atoms with Crippen molar-refractivity contribution >= 4 is 33.5 Å². The number of sulfonamides is 1. The highest BCUT2D eigenvalue weighted by molar-refractivity contribution is 7.88. The molecule has 1 saturated carbocycles. The van der Waals surface area contributed by atoms with Crippen molar-refractivity contribution < 1.29 is 53.5 Å². The molecule has 1 aromatic carbocycles. The number of anilines is 2. The second-order valence-electron chi connectivity index (χ2n) is 12.3. The molecule has 2 N–H and O–H groups in total. The molecule has 1 aromatic heterocycles. The van der Waals surface area contributed by atoms with E-state index in [4.69, 9.17) is 4.74 Å². The minimum Gasteiger partial charge on any atom is -0.497 e. The number of carbonyl (C=O) groups is 2. The average molecular weight is 725 g/mol. The number of halogens is 7. The number of nitrogens with zero attached hydrogens (tertiary/aromatic N) is 4. The van der Waals surface area contributed by atoms with Crippen molar-refractivity contribution in [1.82, 2.24) is 19.9 Å². The fraction of sp³-hybridized carbons (Fsp3) is 0.567. The largest absolute Gasteiger partial charge is 0.497 e. The third-order valence-electron chi connectivity index (χ3n) is 9.22. The lowest BCUT2D eigenvalue weighted by Gasteiger charge is -2.36. The van der Waals surface area contributed by atoms with E-state index in [1.54, 1.807) is 0 Å². The molecule has 11 nitrogen and oxygen atoms in total. The lowest BCUT2D eigenvalue weighted by Crippen LogP contribution is -2.51. The van der Waals surface area contributed by atoms with Crippen molar-refractivity contribution in [1.29, 1.82) is 0 Å². The number of benzene rings is 1. The summed E-state index contributed by atoms with van der Waals surface area (Å²) >= 11 is 0. The summed E-state index contributed by atoms with van der Waals surface area (Å²) in [6.07, 6.45) is -4.91. The smallest absolute Gasteiger partial charge is 0.421 e. The second-order valence-corrected chi connectivity index (χ2v) is 14.3. The molecule has 270 valence electrons. The van der Waals surface area contributed by atoms with Crippen LogP contribution < -0.4 is 25.2 Å². The quantitative estimate of drug-likeness (QED) is 0.394. The number of hydrogen-bond acceptors (Lipinski definition) is 7. The van der Waals surface area contributed by atoms with Crippen molar-refractivity contribution in [2.45, 2.75) is 56.3 Å². The van der Waals surface area contributed by atoms with Crippen LogP contribution in [-0.2, 0) is 21.0 Å². The van der Waals surface area contributed by atoms with Crippen LogP contribution in [0.15, 0.2) is 24.4 Å². The maximum atomic E-state index is 15.4. The predicted molar refractivity (Wildman–Crippen MR) is 163 cm³/mol. The zero-order valence-electron chi connectivity index (χ0n) is 26.4. The molecule has 3 amide bonds. The maximum Gasteiger partial charge on any atom is 0.421 e. The second kappa shape index (κ2) is 14.2. The van der Waals surface area contributed by atoms with E-state index in [2.05, 4.69) is 15.6 Å². The van der Waals surface area contributed by atoms with Gasteiger partial charge in [-0.05, 0) is 31.7 Å². The number of piperazine rings is 1. The van der Waals surface area contributed by atoms with Crippen molar-refractivity contribution in [3.8, 4) is 5.75 Å². The van der Waals surface area contributed by atoms with Crippen LogP contribution in [0.5, 0.6) is 5.75 Å². The molecule has 2 saturated heterocycles. The highest BCUT2D eigenvalue weighted by Gasteiger charge is 2.49. The minimum atomic E-state index is -5.10. The Morgan fingerprint density at radius 2 is 1.63 bits per heavy atom. The van der Waals surface area contributed by atoms with Gasteiger partial charge in [-0.15, -0.1) is 0 Å². The molecule has 3 heterocycles. The Bertz CT molecular complexity index is 1640. The topological polar surface area (TPSA) is 124 Å². The monoisotopic (exact) mass is 724 g/mol. The lowest BCUT2D eigenvalue weighted by molar-refractivity contribution is -0.136. The van der Waals surface area contributed by atoms with E-state index in [0.29, 0.717) is 4.90 Å². The molecule has 0 spiro atoms. The average Bonchev–Trinajstić information content (AvgIpc) is 3.34. The summed E-state index contributed by atoms with van der Waals surface area (Å²) in [6.45, 7) is -1.13. The molecule has 49 heavy (non-hydrogen) atoms. The number of urea groups is 1. The zero-order valence-corrected chi connectivity index (χ0v) is 27.3. The Labute approximate surface area is 277 Å². The first-order chi connectivity index (χ1) is 23.0. The SMILES string of the molecule is COc1cc(F)c([C@@H]2CN(c3nccc(N4CCN(S(C)(=O)=O)CC4)c3C(F)(F)F)C(=O)C2NC(=O)N[C@H]2CC[C@H](C(F)F)CC2)c(F)c1. The first-order valence-electron chi connectivity index (χ1n) is 15.4. The number of pyridine rings is 1. The van der Waals surface area contributed by atoms with Gasteiger partial charge in [0.15, 0.2) is 0 Å². The van der Waals surface area contributed by atoms with Gasteiger partial charge in [0.1, 0.15) is 34.8 Å². The molecule has 5 rings (SSSR count). The fourth-order valence-corrected chi connectivity index (χ4v) is 7.53. The number of rotatable bonds is 8. The van der Waals surface area contributed by atoms with E-state index in [-0.39, 0.29) is 63.3 Å². The van der Waals surface area contributed by atoms with E-state index >= 15 is 8.78 Å². The first kappa shape index (κ1) is 36.4. The third-order valence-corrected chi connectivity index (χ3v) is 10.5. The Balaban J connectivity index is 1.48. The van der Waals surface area contributed by atoms with Crippen LogP contribution in [0.25, 0.3) is 0 Å². The summed E-state index contributed by atoms with van der Waals surface area (Å²) in [4.78, 5) is 32.8. The number of aromatic nitrogens is 1. The van der Waals surface area contributed by atoms with Crippen molar-refractivity contribution in [3.63, 3.8) is 0 Å². The molecule has 19 heteroatoms. The van der Waals surface area contributed by atoms with Gasteiger partial charge in [-0.25, -0.2) is 35.8 Å². The Morgan fingerprint density at radius 3 is 2.16 bits per heavy atom. The van der Waals surface area contributed by atoms with Crippen LogP contribution in [0.2, 0.25) is 0 Å². The van der Waals surface area contributed by atoms with Crippen molar-refractivity contribution in [3.05, 3.63) is 47.2 Å². The molecular weight excluding hydrogens is 689 g/mol. The summed E-state index contributed by atoms with van der Waals surface area (Å²) in [5.74, 6) is -6.91. The predicted octanol–water partition coefficient (Wildman–Crippen LogP) is 4.09. The number of hydrogen-bond donors (Lipinski definition) is 2.